The van der Waals surface area contributed by atoms with E-state index in [9.17, 15) is 0 Å². The van der Waals surface area contributed by atoms with Crippen molar-refractivity contribution in [2.45, 2.75) is 13.8 Å². The molecule has 2 rings (SSSR count). The Bertz CT molecular complexity index is 505. The van der Waals surface area contributed by atoms with Crippen molar-refractivity contribution < 1.29 is 0 Å². The standard InChI is InChI=1S/C10H8N2S/c1-6-9(5-11)8-3-4-13-10(8)7(2)12-6/h3-4H,1-2H3. The van der Waals surface area contributed by atoms with Crippen molar-refractivity contribution in [2.75, 3.05) is 0 Å². The van der Waals surface area contributed by atoms with Crippen molar-refractivity contribution in [3.8, 4) is 6.07 Å². The summed E-state index contributed by atoms with van der Waals surface area (Å²) in [6, 6.07) is 4.18. The number of aromatic nitrogens is 1. The highest BCUT2D eigenvalue weighted by molar-refractivity contribution is 7.17. The largest absolute Gasteiger partial charge is 0.256 e. The van der Waals surface area contributed by atoms with Gasteiger partial charge >= 0.3 is 0 Å². The van der Waals surface area contributed by atoms with E-state index in [1.165, 1.54) is 0 Å². The molecule has 13 heavy (non-hydrogen) atoms. The van der Waals surface area contributed by atoms with Crippen LogP contribution in [0, 0.1) is 25.2 Å². The molecule has 0 saturated carbocycles. The van der Waals surface area contributed by atoms with Gasteiger partial charge in [-0.3, -0.25) is 4.98 Å². The molecule has 2 aromatic heterocycles. The van der Waals surface area contributed by atoms with E-state index in [0.717, 1.165) is 21.5 Å². The minimum Gasteiger partial charge on any atom is -0.256 e. The number of nitriles is 1. The fraction of sp³-hybridized carbons (Fsp3) is 0.200. The molecule has 0 aromatic carbocycles. The summed E-state index contributed by atoms with van der Waals surface area (Å²) in [5.41, 5.74) is 2.55. The topological polar surface area (TPSA) is 36.7 Å². The molecule has 3 heteroatoms. The maximum Gasteiger partial charge on any atom is 0.102 e. The fourth-order valence-electron chi connectivity index (χ4n) is 1.48. The van der Waals surface area contributed by atoms with Gasteiger partial charge in [0.25, 0.3) is 0 Å². The number of aryl methyl sites for hydroxylation is 2. The van der Waals surface area contributed by atoms with Crippen LogP contribution in [0.25, 0.3) is 10.1 Å². The Balaban J connectivity index is 2.99. The van der Waals surface area contributed by atoms with E-state index < -0.39 is 0 Å². The molecule has 0 fully saturated rings. The van der Waals surface area contributed by atoms with Crippen molar-refractivity contribution >= 4 is 21.4 Å². The van der Waals surface area contributed by atoms with Gasteiger partial charge in [0.15, 0.2) is 0 Å². The average Bonchev–Trinajstić information content (AvgIpc) is 2.53. The highest BCUT2D eigenvalue weighted by Gasteiger charge is 2.08. The van der Waals surface area contributed by atoms with E-state index in [0.29, 0.717) is 5.56 Å². The van der Waals surface area contributed by atoms with Crippen LogP contribution in [0.15, 0.2) is 11.4 Å². The summed E-state index contributed by atoms with van der Waals surface area (Å²) >= 11 is 1.64. The van der Waals surface area contributed by atoms with Crippen LogP contribution in [-0.2, 0) is 0 Å². The van der Waals surface area contributed by atoms with Gasteiger partial charge in [-0.05, 0) is 25.3 Å². The minimum absolute atomic E-state index is 0.710. The van der Waals surface area contributed by atoms with Crippen molar-refractivity contribution in [3.63, 3.8) is 0 Å². The third-order valence-corrected chi connectivity index (χ3v) is 3.10. The molecule has 2 nitrogen and oxygen atoms in total. The average molecular weight is 188 g/mol. The Morgan fingerprint density at radius 3 is 2.85 bits per heavy atom. The molecular weight excluding hydrogens is 180 g/mol. The molecule has 2 aromatic rings. The van der Waals surface area contributed by atoms with Crippen LogP contribution in [0.2, 0.25) is 0 Å². The molecular formula is C10H8N2S. The third-order valence-electron chi connectivity index (χ3n) is 2.07. The lowest BCUT2D eigenvalue weighted by Crippen LogP contribution is -1.91. The second-order valence-electron chi connectivity index (χ2n) is 2.93. The van der Waals surface area contributed by atoms with Crippen molar-refractivity contribution in [2.24, 2.45) is 0 Å². The van der Waals surface area contributed by atoms with Gasteiger partial charge in [0.1, 0.15) is 6.07 Å². The molecule has 0 N–H and O–H groups in total. The van der Waals surface area contributed by atoms with Gasteiger partial charge in [-0.25, -0.2) is 0 Å². The van der Waals surface area contributed by atoms with Crippen LogP contribution in [0.5, 0.6) is 0 Å². The Morgan fingerprint density at radius 2 is 2.15 bits per heavy atom. The first-order chi connectivity index (χ1) is 6.24. The smallest absolute Gasteiger partial charge is 0.102 e. The second kappa shape index (κ2) is 2.82. The highest BCUT2D eigenvalue weighted by atomic mass is 32.1. The Labute approximate surface area is 80.5 Å². The number of hydrogen-bond donors (Lipinski definition) is 0. The molecule has 0 atom stereocenters. The maximum atomic E-state index is 8.94. The number of thiophene rings is 1. The van der Waals surface area contributed by atoms with Crippen LogP contribution in [0.3, 0.4) is 0 Å². The summed E-state index contributed by atoms with van der Waals surface area (Å²) in [5, 5.41) is 12.0. The summed E-state index contributed by atoms with van der Waals surface area (Å²) in [6.07, 6.45) is 0. The van der Waals surface area contributed by atoms with E-state index in [2.05, 4.69) is 11.1 Å². The number of nitrogens with zero attached hydrogens (tertiary/aromatic N) is 2. The van der Waals surface area contributed by atoms with Gasteiger partial charge in [0.2, 0.25) is 0 Å². The first kappa shape index (κ1) is 8.21. The van der Waals surface area contributed by atoms with Crippen molar-refractivity contribution in [1.82, 2.24) is 4.98 Å². The minimum atomic E-state index is 0.710. The van der Waals surface area contributed by atoms with Crippen molar-refractivity contribution in [1.29, 1.82) is 5.26 Å². The van der Waals surface area contributed by atoms with Gasteiger partial charge in [0.05, 0.1) is 21.7 Å². The van der Waals surface area contributed by atoms with Gasteiger partial charge in [-0.1, -0.05) is 0 Å². The SMILES string of the molecule is Cc1nc(C)c2sccc2c1C#N. The van der Waals surface area contributed by atoms with Gasteiger partial charge in [-0.2, -0.15) is 5.26 Å². The number of pyridine rings is 1. The monoisotopic (exact) mass is 188 g/mol. The molecule has 0 aliphatic rings. The molecule has 0 bridgehead atoms. The lowest BCUT2D eigenvalue weighted by atomic mass is 10.1. The van der Waals surface area contributed by atoms with E-state index in [-0.39, 0.29) is 0 Å². The molecule has 0 radical (unpaired) electrons. The van der Waals surface area contributed by atoms with Crippen LogP contribution in [-0.4, -0.2) is 4.98 Å². The Hall–Kier alpha value is -1.40. The lowest BCUT2D eigenvalue weighted by molar-refractivity contribution is 1.14. The van der Waals surface area contributed by atoms with E-state index >= 15 is 0 Å². The molecule has 0 aliphatic carbocycles. The van der Waals surface area contributed by atoms with Crippen LogP contribution in [0.1, 0.15) is 17.0 Å². The summed E-state index contributed by atoms with van der Waals surface area (Å²) in [6.45, 7) is 3.86. The first-order valence-electron chi connectivity index (χ1n) is 3.98. The van der Waals surface area contributed by atoms with Crippen LogP contribution in [0.4, 0.5) is 0 Å². The summed E-state index contributed by atoms with van der Waals surface area (Å²) in [7, 11) is 0. The van der Waals surface area contributed by atoms with Gasteiger partial charge in [-0.15, -0.1) is 11.3 Å². The molecule has 0 amide bonds. The van der Waals surface area contributed by atoms with E-state index in [1.54, 1.807) is 11.3 Å². The normalized spacial score (nSPS) is 10.2. The summed E-state index contributed by atoms with van der Waals surface area (Å²) in [4.78, 5) is 4.33. The maximum absolute atomic E-state index is 8.94. The zero-order chi connectivity index (χ0) is 9.42. The van der Waals surface area contributed by atoms with E-state index in [4.69, 9.17) is 5.26 Å². The molecule has 64 valence electrons. The number of hydrogen-bond acceptors (Lipinski definition) is 3. The molecule has 0 spiro atoms. The first-order valence-corrected chi connectivity index (χ1v) is 4.86. The number of fused-ring (bicyclic) bond motifs is 1. The molecule has 0 aliphatic heterocycles. The predicted octanol–water partition coefficient (Wildman–Crippen LogP) is 2.78. The quantitative estimate of drug-likeness (QED) is 0.637. The van der Waals surface area contributed by atoms with Crippen molar-refractivity contribution in [3.05, 3.63) is 28.4 Å². The highest BCUT2D eigenvalue weighted by Crippen LogP contribution is 2.27. The summed E-state index contributed by atoms with van der Waals surface area (Å²) in [5.74, 6) is 0. The molecule has 0 unspecified atom stereocenters. The lowest BCUT2D eigenvalue weighted by Gasteiger charge is -2.00. The fourth-order valence-corrected chi connectivity index (χ4v) is 2.33. The second-order valence-corrected chi connectivity index (χ2v) is 3.85. The van der Waals surface area contributed by atoms with Crippen LogP contribution >= 0.6 is 11.3 Å². The Kier molecular flexibility index (Phi) is 1.78. The van der Waals surface area contributed by atoms with Gasteiger partial charge < -0.3 is 0 Å². The number of rotatable bonds is 0. The van der Waals surface area contributed by atoms with Crippen LogP contribution < -0.4 is 0 Å². The zero-order valence-electron chi connectivity index (χ0n) is 7.46. The molecule has 2 heterocycles. The van der Waals surface area contributed by atoms with Gasteiger partial charge in [0, 0.05) is 5.39 Å². The Morgan fingerprint density at radius 1 is 1.38 bits per heavy atom. The predicted molar refractivity (Wildman–Crippen MR) is 53.8 cm³/mol. The summed E-state index contributed by atoms with van der Waals surface area (Å²) < 4.78 is 1.13. The zero-order valence-corrected chi connectivity index (χ0v) is 8.27. The van der Waals surface area contributed by atoms with E-state index in [1.807, 2.05) is 25.3 Å². The molecule has 0 saturated heterocycles. The third kappa shape index (κ3) is 1.11.